The Hall–Kier alpha value is -7.80. The van der Waals surface area contributed by atoms with Crippen LogP contribution in [0.25, 0.3) is 131 Å². The van der Waals surface area contributed by atoms with Gasteiger partial charge in [0, 0.05) is 0 Å². The second-order valence-electron chi connectivity index (χ2n) is 20.0. The summed E-state index contributed by atoms with van der Waals surface area (Å²) >= 11 is 0. The quantitative estimate of drug-likeness (QED) is 0.122. The molecule has 0 saturated carbocycles. The normalized spacial score (nSPS) is 12.1. The van der Waals surface area contributed by atoms with Crippen LogP contribution in [0.1, 0.15) is 44.5 Å². The molecule has 0 spiro atoms. The summed E-state index contributed by atoms with van der Waals surface area (Å²) in [6.45, 7) is 18.2. The van der Waals surface area contributed by atoms with Gasteiger partial charge in [0.15, 0.2) is 0 Å². The Morgan fingerprint density at radius 2 is 0.397 bits per heavy atom. The molecule has 0 aliphatic heterocycles. The maximum Gasteiger partial charge on any atom is -0.00255 e. The SMILES string of the molecule is Cc1cc(C)c2ccccc2c1-c1cc2cc(-c3c(C)cc(C)c4ccccc34)cc3c4cc(-c5c(C)cc(C)c6ccccc56)cc5cc(-c6c(C)cc(C)c7ccccc67)cc(c(c1)c23)c54. The topological polar surface area (TPSA) is 0 Å². The molecule has 13 aromatic rings. The highest BCUT2D eigenvalue weighted by molar-refractivity contribution is 6.35. The van der Waals surface area contributed by atoms with Crippen molar-refractivity contribution in [2.45, 2.75) is 55.4 Å². The highest BCUT2D eigenvalue weighted by atomic mass is 14.3. The summed E-state index contributed by atoms with van der Waals surface area (Å²) in [5, 5.41) is 20.8. The van der Waals surface area contributed by atoms with E-state index < -0.39 is 0 Å². The van der Waals surface area contributed by atoms with Gasteiger partial charge in [0.25, 0.3) is 0 Å². The van der Waals surface area contributed by atoms with Crippen molar-refractivity contribution in [3.63, 3.8) is 0 Å². The monoisotopic (exact) mass is 868 g/mol. The van der Waals surface area contributed by atoms with E-state index in [0.717, 1.165) is 0 Å². The number of hydrogen-bond donors (Lipinski definition) is 0. The third-order valence-corrected chi connectivity index (χ3v) is 15.6. The van der Waals surface area contributed by atoms with Gasteiger partial charge in [-0.2, -0.15) is 0 Å². The molecule has 0 bridgehead atoms. The Kier molecular flexibility index (Phi) is 8.84. The van der Waals surface area contributed by atoms with Gasteiger partial charge in [-0.3, -0.25) is 0 Å². The number of fused-ring (bicyclic) bond motifs is 6. The van der Waals surface area contributed by atoms with Crippen molar-refractivity contribution in [1.82, 2.24) is 0 Å². The average Bonchev–Trinajstić information content (AvgIpc) is 3.33. The third-order valence-electron chi connectivity index (χ3n) is 15.6. The Morgan fingerprint density at radius 3 is 0.618 bits per heavy atom. The summed E-state index contributed by atoms with van der Waals surface area (Å²) in [4.78, 5) is 0. The largest absolute Gasteiger partial charge is 0.0616 e. The molecule has 13 rings (SSSR count). The highest BCUT2D eigenvalue weighted by Crippen LogP contribution is 2.50. The molecule has 0 heteroatoms. The predicted molar refractivity (Wildman–Crippen MR) is 297 cm³/mol. The Morgan fingerprint density at radius 1 is 0.191 bits per heavy atom. The van der Waals surface area contributed by atoms with Crippen molar-refractivity contribution >= 4 is 86.2 Å². The molecule has 0 nitrogen and oxygen atoms in total. The number of aryl methyl sites for hydroxylation is 8. The molecule has 0 heterocycles. The molecule has 324 valence electrons. The van der Waals surface area contributed by atoms with E-state index >= 15 is 0 Å². The van der Waals surface area contributed by atoms with Gasteiger partial charge in [0.2, 0.25) is 0 Å². The molecule has 0 aliphatic carbocycles. The lowest BCUT2D eigenvalue weighted by Gasteiger charge is -2.22. The maximum absolute atomic E-state index is 2.54. The Labute approximate surface area is 398 Å². The second-order valence-corrected chi connectivity index (χ2v) is 20.0. The third kappa shape index (κ3) is 5.86. The lowest BCUT2D eigenvalue weighted by molar-refractivity contribution is 1.42. The van der Waals surface area contributed by atoms with Crippen LogP contribution in [0.4, 0.5) is 0 Å². The van der Waals surface area contributed by atoms with Crippen molar-refractivity contribution in [2.75, 3.05) is 0 Å². The van der Waals surface area contributed by atoms with Crippen molar-refractivity contribution in [1.29, 1.82) is 0 Å². The molecule has 0 aliphatic rings. The fourth-order valence-electron chi connectivity index (χ4n) is 12.9. The van der Waals surface area contributed by atoms with Gasteiger partial charge in [-0.15, -0.1) is 0 Å². The Balaban J connectivity index is 1.26. The minimum absolute atomic E-state index is 1.26. The van der Waals surface area contributed by atoms with Crippen LogP contribution in [0, 0.1) is 55.4 Å². The molecular formula is C68H52. The summed E-state index contributed by atoms with van der Waals surface area (Å²) in [7, 11) is 0. The van der Waals surface area contributed by atoms with E-state index in [9.17, 15) is 0 Å². The predicted octanol–water partition coefficient (Wildman–Crippen LogP) is 19.5. The number of rotatable bonds is 4. The summed E-state index contributed by atoms with van der Waals surface area (Å²) in [5.41, 5.74) is 20.7. The molecule has 68 heavy (non-hydrogen) atoms. The minimum Gasteiger partial charge on any atom is -0.0616 e. The molecule has 13 aromatic carbocycles. The summed E-state index contributed by atoms with van der Waals surface area (Å²) in [6.07, 6.45) is 0. The van der Waals surface area contributed by atoms with E-state index in [1.807, 2.05) is 0 Å². The summed E-state index contributed by atoms with van der Waals surface area (Å²) in [5.74, 6) is 0. The fourth-order valence-corrected chi connectivity index (χ4v) is 12.9. The van der Waals surface area contributed by atoms with Crippen LogP contribution in [-0.4, -0.2) is 0 Å². The average molecular weight is 869 g/mol. The first-order valence-electron chi connectivity index (χ1n) is 24.2. The molecule has 0 N–H and O–H groups in total. The zero-order valence-corrected chi connectivity index (χ0v) is 40.2. The van der Waals surface area contributed by atoms with Crippen LogP contribution >= 0.6 is 0 Å². The lowest BCUT2D eigenvalue weighted by atomic mass is 9.81. The van der Waals surface area contributed by atoms with E-state index in [1.165, 1.54) is 175 Å². The van der Waals surface area contributed by atoms with E-state index in [2.05, 4.69) is 225 Å². The standard InChI is InChI=1S/C68H52/c1-37-25-41(5)63(55-21-13-9-17-51(37)55)47-29-45-30-48(64-42(6)26-38(2)52-18-10-14-22-56(52)64)35-61-62-36-50(66-44(8)28-40(4)54-20-12-16-24-58(54)66)32-46-31-49(34-60(68(46)62)59(33-47)67(45)61)65-43(7)27-39(3)53-19-11-15-23-57(53)65/h9-36H,1-8H3. The van der Waals surface area contributed by atoms with Crippen molar-refractivity contribution in [3.05, 3.63) is 214 Å². The van der Waals surface area contributed by atoms with Gasteiger partial charge < -0.3 is 0 Å². The highest BCUT2D eigenvalue weighted by Gasteiger charge is 2.23. The molecule has 0 fully saturated rings. The zero-order chi connectivity index (χ0) is 46.3. The molecule has 0 radical (unpaired) electrons. The van der Waals surface area contributed by atoms with Crippen molar-refractivity contribution < 1.29 is 0 Å². The first-order valence-corrected chi connectivity index (χ1v) is 24.2. The molecule has 0 unspecified atom stereocenters. The van der Waals surface area contributed by atoms with Crippen molar-refractivity contribution in [3.8, 4) is 44.5 Å². The van der Waals surface area contributed by atoms with Crippen LogP contribution in [0.5, 0.6) is 0 Å². The van der Waals surface area contributed by atoms with Crippen LogP contribution in [0.15, 0.2) is 170 Å². The van der Waals surface area contributed by atoms with E-state index in [4.69, 9.17) is 0 Å². The van der Waals surface area contributed by atoms with Gasteiger partial charge in [0.05, 0.1) is 0 Å². The van der Waals surface area contributed by atoms with Gasteiger partial charge in [0.1, 0.15) is 0 Å². The van der Waals surface area contributed by atoms with Gasteiger partial charge >= 0.3 is 0 Å². The van der Waals surface area contributed by atoms with Crippen LogP contribution in [-0.2, 0) is 0 Å². The van der Waals surface area contributed by atoms with Gasteiger partial charge in [-0.05, 0) is 279 Å². The van der Waals surface area contributed by atoms with Crippen LogP contribution in [0.3, 0.4) is 0 Å². The number of benzene rings is 13. The van der Waals surface area contributed by atoms with Gasteiger partial charge in [-0.1, -0.05) is 121 Å². The molecule has 0 atom stereocenters. The molecule has 0 saturated heterocycles. The van der Waals surface area contributed by atoms with E-state index in [0.29, 0.717) is 0 Å². The summed E-state index contributed by atoms with van der Waals surface area (Å²) < 4.78 is 0. The van der Waals surface area contributed by atoms with E-state index in [1.54, 1.807) is 0 Å². The second kappa shape index (κ2) is 14.9. The molecule has 0 amide bonds. The molecular weight excluding hydrogens is 817 g/mol. The first kappa shape index (κ1) is 40.5. The van der Waals surface area contributed by atoms with Gasteiger partial charge in [-0.25, -0.2) is 0 Å². The lowest BCUT2D eigenvalue weighted by Crippen LogP contribution is -1.96. The minimum atomic E-state index is 1.26. The van der Waals surface area contributed by atoms with Crippen LogP contribution in [0.2, 0.25) is 0 Å². The van der Waals surface area contributed by atoms with Crippen molar-refractivity contribution in [2.24, 2.45) is 0 Å². The van der Waals surface area contributed by atoms with E-state index in [-0.39, 0.29) is 0 Å². The maximum atomic E-state index is 2.54. The smallest absolute Gasteiger partial charge is 0.00255 e. The zero-order valence-electron chi connectivity index (χ0n) is 40.2. The summed E-state index contributed by atoms with van der Waals surface area (Å²) in [6, 6.07) is 65.6. The fraction of sp³-hybridized carbons (Fsp3) is 0.118. The number of hydrogen-bond acceptors (Lipinski definition) is 0. The van der Waals surface area contributed by atoms with Crippen LogP contribution < -0.4 is 0 Å². The first-order chi connectivity index (χ1) is 33.0. The molecule has 0 aromatic heterocycles. The Bertz CT molecular complexity index is 3780.